The van der Waals surface area contributed by atoms with Gasteiger partial charge in [-0.05, 0) is 24.8 Å². The highest BCUT2D eigenvalue weighted by Crippen LogP contribution is 2.46. The summed E-state index contributed by atoms with van der Waals surface area (Å²) in [4.78, 5) is 0. The van der Waals surface area contributed by atoms with Gasteiger partial charge in [-0.3, -0.25) is 0 Å². The summed E-state index contributed by atoms with van der Waals surface area (Å²) >= 11 is 0. The van der Waals surface area contributed by atoms with Crippen molar-refractivity contribution in [3.63, 3.8) is 0 Å². The SMILES string of the molecule is OCC1CCCC12CC=CC(c1ccccc1)O2. The molecule has 2 nitrogen and oxygen atoms in total. The van der Waals surface area contributed by atoms with E-state index >= 15 is 0 Å². The Kier molecular flexibility index (Phi) is 3.23. The van der Waals surface area contributed by atoms with Gasteiger partial charge in [0, 0.05) is 12.5 Å². The quantitative estimate of drug-likeness (QED) is 0.809. The van der Waals surface area contributed by atoms with Gasteiger partial charge in [0.2, 0.25) is 0 Å². The highest BCUT2D eigenvalue weighted by atomic mass is 16.5. The number of aliphatic hydroxyl groups excluding tert-OH is 1. The third-order valence-corrected chi connectivity index (χ3v) is 4.38. The van der Waals surface area contributed by atoms with Crippen LogP contribution in [0.25, 0.3) is 0 Å². The molecule has 1 N–H and O–H groups in total. The largest absolute Gasteiger partial charge is 0.396 e. The molecule has 1 aromatic carbocycles. The van der Waals surface area contributed by atoms with Crippen LogP contribution in [0.4, 0.5) is 0 Å². The number of ether oxygens (including phenoxy) is 1. The minimum atomic E-state index is -0.121. The molecule has 1 aliphatic carbocycles. The van der Waals surface area contributed by atoms with E-state index in [0.717, 1.165) is 19.3 Å². The monoisotopic (exact) mass is 244 g/mol. The minimum Gasteiger partial charge on any atom is -0.396 e. The summed E-state index contributed by atoms with van der Waals surface area (Å²) < 4.78 is 6.38. The van der Waals surface area contributed by atoms with Gasteiger partial charge in [-0.1, -0.05) is 48.9 Å². The van der Waals surface area contributed by atoms with Gasteiger partial charge in [0.25, 0.3) is 0 Å². The van der Waals surface area contributed by atoms with E-state index in [0.29, 0.717) is 5.92 Å². The Morgan fingerprint density at radius 3 is 2.89 bits per heavy atom. The molecule has 96 valence electrons. The maximum Gasteiger partial charge on any atom is 0.101 e. The molecule has 3 atom stereocenters. The Balaban J connectivity index is 1.84. The topological polar surface area (TPSA) is 29.5 Å². The lowest BCUT2D eigenvalue weighted by Crippen LogP contribution is -2.40. The van der Waals surface area contributed by atoms with Crippen molar-refractivity contribution < 1.29 is 9.84 Å². The van der Waals surface area contributed by atoms with E-state index in [1.807, 2.05) is 18.2 Å². The molecule has 1 spiro atoms. The fraction of sp³-hybridized carbons (Fsp3) is 0.500. The van der Waals surface area contributed by atoms with Crippen LogP contribution in [0.1, 0.15) is 37.4 Å². The van der Waals surface area contributed by atoms with Crippen molar-refractivity contribution in [1.29, 1.82) is 0 Å². The van der Waals surface area contributed by atoms with Crippen LogP contribution < -0.4 is 0 Å². The smallest absolute Gasteiger partial charge is 0.101 e. The van der Waals surface area contributed by atoms with Gasteiger partial charge in [-0.15, -0.1) is 0 Å². The molecule has 18 heavy (non-hydrogen) atoms. The third kappa shape index (κ3) is 2.00. The van der Waals surface area contributed by atoms with Crippen molar-refractivity contribution in [3.05, 3.63) is 48.0 Å². The molecule has 0 saturated heterocycles. The molecule has 3 unspecified atom stereocenters. The fourth-order valence-corrected chi connectivity index (χ4v) is 3.35. The van der Waals surface area contributed by atoms with Crippen molar-refractivity contribution in [2.45, 2.75) is 37.4 Å². The first-order chi connectivity index (χ1) is 8.84. The van der Waals surface area contributed by atoms with Crippen molar-refractivity contribution in [3.8, 4) is 0 Å². The summed E-state index contributed by atoms with van der Waals surface area (Å²) in [7, 11) is 0. The van der Waals surface area contributed by atoms with Crippen molar-refractivity contribution >= 4 is 0 Å². The molecule has 1 heterocycles. The molecule has 2 aliphatic rings. The molecule has 1 aromatic rings. The highest BCUT2D eigenvalue weighted by Gasteiger charge is 2.45. The third-order valence-electron chi connectivity index (χ3n) is 4.38. The van der Waals surface area contributed by atoms with Crippen molar-refractivity contribution in [2.75, 3.05) is 6.61 Å². The van der Waals surface area contributed by atoms with Crippen LogP contribution in [0.15, 0.2) is 42.5 Å². The van der Waals surface area contributed by atoms with Crippen molar-refractivity contribution in [1.82, 2.24) is 0 Å². The van der Waals surface area contributed by atoms with E-state index < -0.39 is 0 Å². The first-order valence-corrected chi connectivity index (χ1v) is 6.84. The van der Waals surface area contributed by atoms with Crippen LogP contribution in [-0.4, -0.2) is 17.3 Å². The van der Waals surface area contributed by atoms with E-state index in [-0.39, 0.29) is 18.3 Å². The molecule has 0 bridgehead atoms. The van der Waals surface area contributed by atoms with Gasteiger partial charge >= 0.3 is 0 Å². The molecule has 0 amide bonds. The predicted octanol–water partition coefficient (Wildman–Crippen LogP) is 3.24. The summed E-state index contributed by atoms with van der Waals surface area (Å²) in [6.07, 6.45) is 8.70. The Labute approximate surface area is 108 Å². The average molecular weight is 244 g/mol. The molecule has 1 saturated carbocycles. The lowest BCUT2D eigenvalue weighted by atomic mass is 9.85. The molecule has 2 heteroatoms. The average Bonchev–Trinajstić information content (AvgIpc) is 2.82. The van der Waals surface area contributed by atoms with Gasteiger partial charge < -0.3 is 9.84 Å². The number of hydrogen-bond acceptors (Lipinski definition) is 2. The van der Waals surface area contributed by atoms with Crippen LogP contribution in [0.3, 0.4) is 0 Å². The molecular weight excluding hydrogens is 224 g/mol. The minimum absolute atomic E-state index is 0.0482. The first kappa shape index (κ1) is 11.9. The summed E-state index contributed by atoms with van der Waals surface area (Å²) in [6, 6.07) is 10.3. The fourth-order valence-electron chi connectivity index (χ4n) is 3.35. The second-order valence-electron chi connectivity index (χ2n) is 5.42. The highest BCUT2D eigenvalue weighted by molar-refractivity contribution is 5.23. The van der Waals surface area contributed by atoms with Crippen LogP contribution >= 0.6 is 0 Å². The van der Waals surface area contributed by atoms with Gasteiger partial charge in [0.1, 0.15) is 6.10 Å². The molecule has 0 aromatic heterocycles. The number of benzene rings is 1. The summed E-state index contributed by atoms with van der Waals surface area (Å²) in [5.74, 6) is 0.300. The number of rotatable bonds is 2. The van der Waals surface area contributed by atoms with Crippen LogP contribution in [-0.2, 0) is 4.74 Å². The van der Waals surface area contributed by atoms with Crippen molar-refractivity contribution in [2.24, 2.45) is 5.92 Å². The maximum atomic E-state index is 9.54. The lowest BCUT2D eigenvalue weighted by molar-refractivity contribution is -0.116. The normalized spacial score (nSPS) is 35.2. The zero-order valence-corrected chi connectivity index (χ0v) is 10.6. The van der Waals surface area contributed by atoms with Crippen LogP contribution in [0.2, 0.25) is 0 Å². The number of aliphatic hydroxyl groups is 1. The summed E-state index contributed by atoms with van der Waals surface area (Å²) in [6.45, 7) is 0.245. The second kappa shape index (κ2) is 4.87. The zero-order chi connectivity index (χ0) is 12.4. The van der Waals surface area contributed by atoms with E-state index in [1.165, 1.54) is 12.0 Å². The second-order valence-corrected chi connectivity index (χ2v) is 5.42. The summed E-state index contributed by atoms with van der Waals surface area (Å²) in [5, 5.41) is 9.54. The Morgan fingerprint density at radius 2 is 2.11 bits per heavy atom. The molecule has 0 radical (unpaired) electrons. The predicted molar refractivity (Wildman–Crippen MR) is 71.2 cm³/mol. The summed E-state index contributed by atoms with van der Waals surface area (Å²) in [5.41, 5.74) is 1.08. The Bertz CT molecular complexity index is 426. The molecule has 3 rings (SSSR count). The van der Waals surface area contributed by atoms with Crippen LogP contribution in [0.5, 0.6) is 0 Å². The van der Waals surface area contributed by atoms with Gasteiger partial charge in [0.15, 0.2) is 0 Å². The van der Waals surface area contributed by atoms with Gasteiger partial charge in [0.05, 0.1) is 5.60 Å². The molecule has 1 fully saturated rings. The Morgan fingerprint density at radius 1 is 1.28 bits per heavy atom. The van der Waals surface area contributed by atoms with Gasteiger partial charge in [-0.25, -0.2) is 0 Å². The Hall–Kier alpha value is -1.12. The van der Waals surface area contributed by atoms with Gasteiger partial charge in [-0.2, -0.15) is 0 Å². The maximum absolute atomic E-state index is 9.54. The van der Waals surface area contributed by atoms with E-state index in [1.54, 1.807) is 0 Å². The standard InChI is InChI=1S/C16H20O2/c17-12-14-8-4-10-16(14)11-5-9-15(18-16)13-6-2-1-3-7-13/h1-3,5-7,9,14-15,17H,4,8,10-12H2. The lowest BCUT2D eigenvalue weighted by Gasteiger charge is -2.39. The molecule has 1 aliphatic heterocycles. The van der Waals surface area contributed by atoms with E-state index in [4.69, 9.17) is 4.74 Å². The zero-order valence-electron chi connectivity index (χ0n) is 10.6. The van der Waals surface area contributed by atoms with E-state index in [2.05, 4.69) is 24.3 Å². The molecular formula is C16H20O2. The number of hydrogen-bond donors (Lipinski definition) is 1. The first-order valence-electron chi connectivity index (χ1n) is 6.84. The van der Waals surface area contributed by atoms with Crippen LogP contribution in [0, 0.1) is 5.92 Å². The van der Waals surface area contributed by atoms with E-state index in [9.17, 15) is 5.11 Å².